The van der Waals surface area contributed by atoms with E-state index in [1.54, 1.807) is 0 Å². The van der Waals surface area contributed by atoms with Gasteiger partial charge in [0.25, 0.3) is 0 Å². The summed E-state index contributed by atoms with van der Waals surface area (Å²) in [6.07, 6.45) is 12.6. The van der Waals surface area contributed by atoms with Crippen molar-refractivity contribution in [2.45, 2.75) is 204 Å². The largest absolute Gasteiger partial charge is 0.394 e. The van der Waals surface area contributed by atoms with Gasteiger partial charge in [-0.05, 0) is 12.8 Å². The van der Waals surface area contributed by atoms with E-state index < -0.39 is 74.6 Å². The maximum atomic E-state index is 9.84. The second-order valence-corrected chi connectivity index (χ2v) is 13.5. The van der Waals surface area contributed by atoms with E-state index in [1.165, 1.54) is 128 Å². The first-order valence-corrected chi connectivity index (χ1v) is 19.1. The van der Waals surface area contributed by atoms with E-state index >= 15 is 0 Å². The third kappa shape index (κ3) is 18.7. The van der Waals surface area contributed by atoms with Gasteiger partial charge < -0.3 is 59.8 Å². The molecule has 0 bridgehead atoms. The topological polar surface area (TPSA) is 199 Å². The molecule has 2 aliphatic rings. The van der Waals surface area contributed by atoms with Gasteiger partial charge in [0.05, 0.1) is 13.2 Å². The maximum absolute atomic E-state index is 9.84. The summed E-state index contributed by atoms with van der Waals surface area (Å²) in [5.74, 6) is 0. The van der Waals surface area contributed by atoms with Crippen LogP contribution in [0.25, 0.3) is 0 Å². The first kappa shape index (κ1) is 45.5. The van der Waals surface area contributed by atoms with Gasteiger partial charge in [-0.25, -0.2) is 0 Å². The molecule has 12 nitrogen and oxygen atoms in total. The Morgan fingerprint density at radius 2 is 0.688 bits per heavy atom. The Hall–Kier alpha value is -0.480. The number of aliphatic hydroxyl groups excluding tert-OH is 8. The number of aliphatic hydroxyl groups is 8. The molecular weight excluding hydrogens is 624 g/mol. The van der Waals surface area contributed by atoms with Crippen LogP contribution in [0.2, 0.25) is 0 Å². The lowest BCUT2D eigenvalue weighted by atomic mass is 9.98. The SMILES string of the molecule is CCCCCCCCCCCCOCCCCCCCCCCCC.OC[C@H]1O[C@H](O[C@H]2O[C@H](CO)[C@@H](O)[C@H](O)[C@H]2O)[C@H](O)[C@@H](O)[C@@H]1O. The number of ether oxygens (including phenoxy) is 4. The van der Waals surface area contributed by atoms with Crippen molar-refractivity contribution in [2.24, 2.45) is 0 Å². The van der Waals surface area contributed by atoms with Crippen molar-refractivity contribution in [3.05, 3.63) is 0 Å². The molecule has 2 heterocycles. The Balaban J connectivity index is 0.000000481. The highest BCUT2D eigenvalue weighted by Gasteiger charge is 2.49. The molecule has 0 unspecified atom stereocenters. The number of hydrogen-bond acceptors (Lipinski definition) is 12. The highest BCUT2D eigenvalue weighted by Crippen LogP contribution is 2.28. The molecule has 2 saturated heterocycles. The Morgan fingerprint density at radius 1 is 0.396 bits per heavy atom. The summed E-state index contributed by atoms with van der Waals surface area (Å²) in [6, 6.07) is 0. The van der Waals surface area contributed by atoms with Crippen molar-refractivity contribution in [2.75, 3.05) is 26.4 Å². The van der Waals surface area contributed by atoms with Gasteiger partial charge in [0.15, 0.2) is 12.6 Å². The second-order valence-electron chi connectivity index (χ2n) is 13.5. The minimum atomic E-state index is -1.72. The van der Waals surface area contributed by atoms with Gasteiger partial charge in [-0.3, -0.25) is 0 Å². The molecule has 2 aliphatic heterocycles. The fourth-order valence-electron chi connectivity index (χ4n) is 5.98. The van der Waals surface area contributed by atoms with Crippen LogP contribution in [-0.4, -0.2) is 129 Å². The zero-order valence-electron chi connectivity index (χ0n) is 30.0. The van der Waals surface area contributed by atoms with E-state index in [2.05, 4.69) is 13.8 Å². The summed E-state index contributed by atoms with van der Waals surface area (Å²) in [7, 11) is 0. The van der Waals surface area contributed by atoms with Gasteiger partial charge in [0.1, 0.15) is 48.8 Å². The van der Waals surface area contributed by atoms with Crippen molar-refractivity contribution in [3.8, 4) is 0 Å². The van der Waals surface area contributed by atoms with Crippen LogP contribution in [0.5, 0.6) is 0 Å². The number of rotatable bonds is 26. The molecule has 0 aromatic rings. The molecule has 2 rings (SSSR count). The van der Waals surface area contributed by atoms with Gasteiger partial charge in [-0.2, -0.15) is 0 Å². The predicted molar refractivity (Wildman–Crippen MR) is 183 cm³/mol. The van der Waals surface area contributed by atoms with Crippen LogP contribution >= 0.6 is 0 Å². The summed E-state index contributed by atoms with van der Waals surface area (Å²) in [4.78, 5) is 0. The first-order valence-electron chi connectivity index (χ1n) is 19.1. The van der Waals surface area contributed by atoms with Crippen molar-refractivity contribution < 1.29 is 59.8 Å². The predicted octanol–water partition coefficient (Wildman–Crippen LogP) is 3.45. The molecule has 0 aromatic carbocycles. The van der Waals surface area contributed by atoms with Crippen molar-refractivity contribution in [1.29, 1.82) is 0 Å². The normalized spacial score (nSPS) is 30.6. The zero-order chi connectivity index (χ0) is 35.6. The van der Waals surface area contributed by atoms with E-state index in [-0.39, 0.29) is 0 Å². The van der Waals surface area contributed by atoms with E-state index in [9.17, 15) is 30.6 Å². The van der Waals surface area contributed by atoms with E-state index in [4.69, 9.17) is 29.2 Å². The minimum absolute atomic E-state index is 0.667. The Morgan fingerprint density at radius 3 is 0.979 bits per heavy atom. The lowest BCUT2D eigenvalue weighted by molar-refractivity contribution is -0.376. The van der Waals surface area contributed by atoms with Gasteiger partial charge in [0.2, 0.25) is 0 Å². The molecule has 0 amide bonds. The fraction of sp³-hybridized carbons (Fsp3) is 1.00. The van der Waals surface area contributed by atoms with Crippen molar-refractivity contribution in [3.63, 3.8) is 0 Å². The Bertz CT molecular complexity index is 658. The van der Waals surface area contributed by atoms with Gasteiger partial charge in [-0.15, -0.1) is 0 Å². The average molecular weight is 697 g/mol. The van der Waals surface area contributed by atoms with E-state index in [1.807, 2.05) is 0 Å². The molecule has 12 heteroatoms. The molecule has 10 atom stereocenters. The third-order valence-electron chi connectivity index (χ3n) is 9.25. The zero-order valence-corrected chi connectivity index (χ0v) is 30.0. The summed E-state index contributed by atoms with van der Waals surface area (Å²) in [5.41, 5.74) is 0. The molecular formula is C36H72O12. The molecule has 0 aromatic heterocycles. The molecule has 0 saturated carbocycles. The van der Waals surface area contributed by atoms with Crippen LogP contribution in [0.1, 0.15) is 142 Å². The van der Waals surface area contributed by atoms with Crippen molar-refractivity contribution in [1.82, 2.24) is 0 Å². The Labute approximate surface area is 289 Å². The molecule has 0 spiro atoms. The molecule has 0 aliphatic carbocycles. The molecule has 0 radical (unpaired) electrons. The van der Waals surface area contributed by atoms with Crippen LogP contribution in [0, 0.1) is 0 Å². The molecule has 8 N–H and O–H groups in total. The molecule has 2 fully saturated rings. The number of unbranched alkanes of at least 4 members (excludes halogenated alkanes) is 18. The van der Waals surface area contributed by atoms with Crippen LogP contribution < -0.4 is 0 Å². The fourth-order valence-corrected chi connectivity index (χ4v) is 5.98. The lowest BCUT2D eigenvalue weighted by Gasteiger charge is -2.44. The summed E-state index contributed by atoms with van der Waals surface area (Å²) >= 11 is 0. The van der Waals surface area contributed by atoms with Gasteiger partial charge in [-0.1, -0.05) is 129 Å². The van der Waals surface area contributed by atoms with Gasteiger partial charge >= 0.3 is 0 Å². The van der Waals surface area contributed by atoms with Crippen LogP contribution in [0.4, 0.5) is 0 Å². The summed E-state index contributed by atoms with van der Waals surface area (Å²) < 4.78 is 21.1. The summed E-state index contributed by atoms with van der Waals surface area (Å²) in [5, 5.41) is 76.4. The minimum Gasteiger partial charge on any atom is -0.394 e. The number of hydrogen-bond donors (Lipinski definition) is 8. The quantitative estimate of drug-likeness (QED) is 0.0614. The van der Waals surface area contributed by atoms with Crippen LogP contribution in [0.15, 0.2) is 0 Å². The van der Waals surface area contributed by atoms with Crippen molar-refractivity contribution >= 4 is 0 Å². The van der Waals surface area contributed by atoms with Crippen LogP contribution in [-0.2, 0) is 18.9 Å². The average Bonchev–Trinajstić information content (AvgIpc) is 3.09. The third-order valence-corrected chi connectivity index (χ3v) is 9.25. The first-order chi connectivity index (χ1) is 23.2. The standard InChI is InChI=1S/C24H50O.C12H22O11/c1-3-5-7-9-11-13-15-17-19-21-23-25-24-22-20-18-16-14-12-10-8-6-4-2;13-1-3-5(15)7(17)9(19)11(21-3)23-12-10(20)8(18)6(16)4(2-14)22-12/h3-24H2,1-2H3;3-20H,1-2H2/t;3-,4-,5-,6-,7+,8+,9-,10-,11-,12-/m.1/s1. The molecule has 288 valence electrons. The monoisotopic (exact) mass is 697 g/mol. The van der Waals surface area contributed by atoms with Crippen LogP contribution in [0.3, 0.4) is 0 Å². The second kappa shape index (κ2) is 29.1. The smallest absolute Gasteiger partial charge is 0.189 e. The van der Waals surface area contributed by atoms with E-state index in [0.29, 0.717) is 0 Å². The summed E-state index contributed by atoms with van der Waals surface area (Å²) in [6.45, 7) is 5.23. The molecule has 48 heavy (non-hydrogen) atoms. The van der Waals surface area contributed by atoms with E-state index in [0.717, 1.165) is 13.2 Å². The lowest BCUT2D eigenvalue weighted by Crippen LogP contribution is -2.63. The highest BCUT2D eigenvalue weighted by molar-refractivity contribution is 4.92. The maximum Gasteiger partial charge on any atom is 0.189 e. The highest BCUT2D eigenvalue weighted by atomic mass is 16.8. The van der Waals surface area contributed by atoms with Gasteiger partial charge in [0, 0.05) is 13.2 Å². The Kier molecular flexibility index (Phi) is 27.6.